The molecule has 4 nitrogen and oxygen atoms in total. The second kappa shape index (κ2) is 6.22. The van der Waals surface area contributed by atoms with Crippen LogP contribution in [-0.4, -0.2) is 17.1 Å². The topological polar surface area (TPSA) is 47.0 Å². The fraction of sp³-hybridized carbons (Fsp3) is 0.333. The molecular formula is C18H18ClN3OS. The molecule has 0 aliphatic heterocycles. The molecule has 0 saturated carbocycles. The zero-order valence-electron chi connectivity index (χ0n) is 13.6. The quantitative estimate of drug-likeness (QED) is 0.700. The Bertz CT molecular complexity index is 922. The van der Waals surface area contributed by atoms with Crippen LogP contribution in [0.5, 0.6) is 5.75 Å². The lowest BCUT2D eigenvalue weighted by Gasteiger charge is -2.13. The minimum atomic E-state index is 0.662. The molecule has 1 N–H and O–H groups in total. The first-order valence-corrected chi connectivity index (χ1v) is 9.30. The number of rotatable bonds is 4. The maximum absolute atomic E-state index is 6.16. The number of nitrogens with one attached hydrogen (secondary N) is 1. The molecule has 24 heavy (non-hydrogen) atoms. The van der Waals surface area contributed by atoms with Crippen LogP contribution >= 0.6 is 22.9 Å². The van der Waals surface area contributed by atoms with Gasteiger partial charge in [0, 0.05) is 16.3 Å². The SMILES string of the molecule is CCc1nc(Nc2cc(Cl)ccc2OC)c2c3c(sc2n1)CCC3. The number of aryl methyl sites for hydroxylation is 3. The summed E-state index contributed by atoms with van der Waals surface area (Å²) in [4.78, 5) is 12.0. The number of ether oxygens (including phenoxy) is 1. The number of fused-ring (bicyclic) bond motifs is 3. The Hall–Kier alpha value is -1.85. The van der Waals surface area contributed by atoms with Gasteiger partial charge in [0.1, 0.15) is 22.2 Å². The molecule has 6 heteroatoms. The van der Waals surface area contributed by atoms with Crippen LogP contribution in [0.4, 0.5) is 11.5 Å². The zero-order valence-corrected chi connectivity index (χ0v) is 15.2. The predicted molar refractivity (Wildman–Crippen MR) is 100 cm³/mol. The lowest BCUT2D eigenvalue weighted by atomic mass is 10.2. The molecule has 0 unspecified atom stereocenters. The first kappa shape index (κ1) is 15.7. The second-order valence-electron chi connectivity index (χ2n) is 5.85. The van der Waals surface area contributed by atoms with Crippen LogP contribution in [0.25, 0.3) is 10.2 Å². The number of thiophene rings is 1. The van der Waals surface area contributed by atoms with E-state index in [9.17, 15) is 0 Å². The first-order valence-electron chi connectivity index (χ1n) is 8.11. The molecule has 0 fully saturated rings. The van der Waals surface area contributed by atoms with Crippen molar-refractivity contribution in [2.45, 2.75) is 32.6 Å². The average Bonchev–Trinajstić information content (AvgIpc) is 3.15. The smallest absolute Gasteiger partial charge is 0.143 e. The number of hydrogen-bond acceptors (Lipinski definition) is 5. The van der Waals surface area contributed by atoms with Gasteiger partial charge >= 0.3 is 0 Å². The lowest BCUT2D eigenvalue weighted by molar-refractivity contribution is 0.417. The highest BCUT2D eigenvalue weighted by atomic mass is 35.5. The molecule has 1 aliphatic rings. The summed E-state index contributed by atoms with van der Waals surface area (Å²) >= 11 is 7.97. The number of hydrogen-bond donors (Lipinski definition) is 1. The predicted octanol–water partition coefficient (Wildman–Crippen LogP) is 5.15. The third kappa shape index (κ3) is 2.62. The average molecular weight is 360 g/mol. The molecule has 124 valence electrons. The van der Waals surface area contributed by atoms with Gasteiger partial charge in [0.05, 0.1) is 18.2 Å². The van der Waals surface area contributed by atoms with E-state index in [0.717, 1.165) is 52.6 Å². The second-order valence-corrected chi connectivity index (χ2v) is 7.37. The number of anilines is 2. The van der Waals surface area contributed by atoms with Gasteiger partial charge in [0.2, 0.25) is 0 Å². The van der Waals surface area contributed by atoms with Crippen LogP contribution in [0, 0.1) is 0 Å². The third-order valence-electron chi connectivity index (χ3n) is 4.34. The maximum Gasteiger partial charge on any atom is 0.143 e. The fourth-order valence-electron chi connectivity index (χ4n) is 3.19. The highest BCUT2D eigenvalue weighted by Crippen LogP contribution is 2.41. The Morgan fingerprint density at radius 3 is 2.96 bits per heavy atom. The van der Waals surface area contributed by atoms with Crippen molar-refractivity contribution < 1.29 is 4.74 Å². The van der Waals surface area contributed by atoms with Gasteiger partial charge in [-0.1, -0.05) is 18.5 Å². The highest BCUT2D eigenvalue weighted by Gasteiger charge is 2.22. The van der Waals surface area contributed by atoms with E-state index in [2.05, 4.69) is 12.2 Å². The molecule has 0 atom stereocenters. The largest absolute Gasteiger partial charge is 0.495 e. The van der Waals surface area contributed by atoms with Gasteiger partial charge in [-0.15, -0.1) is 11.3 Å². The van der Waals surface area contributed by atoms with E-state index < -0.39 is 0 Å². The van der Waals surface area contributed by atoms with Crippen LogP contribution in [0.1, 0.15) is 29.6 Å². The van der Waals surface area contributed by atoms with Crippen molar-refractivity contribution in [2.75, 3.05) is 12.4 Å². The van der Waals surface area contributed by atoms with Gasteiger partial charge in [-0.2, -0.15) is 0 Å². The normalized spacial score (nSPS) is 13.3. The molecule has 2 aromatic heterocycles. The van der Waals surface area contributed by atoms with E-state index >= 15 is 0 Å². The maximum atomic E-state index is 6.16. The monoisotopic (exact) mass is 359 g/mol. The van der Waals surface area contributed by atoms with Gasteiger partial charge in [-0.25, -0.2) is 9.97 Å². The molecule has 1 aromatic carbocycles. The minimum absolute atomic E-state index is 0.662. The van der Waals surface area contributed by atoms with Gasteiger partial charge in [0.25, 0.3) is 0 Å². The van der Waals surface area contributed by atoms with Crippen molar-refractivity contribution >= 4 is 44.7 Å². The van der Waals surface area contributed by atoms with E-state index in [-0.39, 0.29) is 0 Å². The Labute approximate surface area is 149 Å². The van der Waals surface area contributed by atoms with Gasteiger partial charge in [0.15, 0.2) is 0 Å². The van der Waals surface area contributed by atoms with E-state index in [1.54, 1.807) is 18.4 Å². The van der Waals surface area contributed by atoms with E-state index in [1.165, 1.54) is 16.9 Å². The van der Waals surface area contributed by atoms with Crippen molar-refractivity contribution in [2.24, 2.45) is 0 Å². The first-order chi connectivity index (χ1) is 11.7. The van der Waals surface area contributed by atoms with Crippen LogP contribution in [-0.2, 0) is 19.3 Å². The number of nitrogens with zero attached hydrogens (tertiary/aromatic N) is 2. The van der Waals surface area contributed by atoms with Crippen molar-refractivity contribution in [3.8, 4) is 5.75 Å². The summed E-state index contributed by atoms with van der Waals surface area (Å²) in [5, 5.41) is 5.26. The molecular weight excluding hydrogens is 342 g/mol. The summed E-state index contributed by atoms with van der Waals surface area (Å²) in [6.07, 6.45) is 4.27. The molecule has 0 spiro atoms. The highest BCUT2D eigenvalue weighted by molar-refractivity contribution is 7.19. The van der Waals surface area contributed by atoms with E-state index in [0.29, 0.717) is 5.02 Å². The summed E-state index contributed by atoms with van der Waals surface area (Å²) in [5.41, 5.74) is 2.23. The summed E-state index contributed by atoms with van der Waals surface area (Å²) in [6.45, 7) is 2.08. The van der Waals surface area contributed by atoms with Crippen LogP contribution in [0.15, 0.2) is 18.2 Å². The molecule has 0 amide bonds. The Morgan fingerprint density at radius 1 is 1.29 bits per heavy atom. The molecule has 2 heterocycles. The Morgan fingerprint density at radius 2 is 2.17 bits per heavy atom. The zero-order chi connectivity index (χ0) is 16.7. The lowest BCUT2D eigenvalue weighted by Crippen LogP contribution is -2.02. The number of benzene rings is 1. The fourth-order valence-corrected chi connectivity index (χ4v) is 4.65. The minimum Gasteiger partial charge on any atom is -0.495 e. The van der Waals surface area contributed by atoms with E-state index in [4.69, 9.17) is 26.3 Å². The van der Waals surface area contributed by atoms with Crippen LogP contribution < -0.4 is 10.1 Å². The van der Waals surface area contributed by atoms with Gasteiger partial charge < -0.3 is 10.1 Å². The van der Waals surface area contributed by atoms with Crippen molar-refractivity contribution in [1.29, 1.82) is 0 Å². The van der Waals surface area contributed by atoms with Crippen LogP contribution in [0.3, 0.4) is 0 Å². The molecule has 0 radical (unpaired) electrons. The summed E-state index contributed by atoms with van der Waals surface area (Å²) < 4.78 is 5.45. The summed E-state index contributed by atoms with van der Waals surface area (Å²) in [6, 6.07) is 5.55. The standard InChI is InChI=1S/C18H18ClN3OS/c1-3-15-21-17(20-12-9-10(19)7-8-13(12)23-2)16-11-5-4-6-14(11)24-18(16)22-15/h7-9H,3-6H2,1-2H3,(H,20,21,22). The van der Waals surface area contributed by atoms with E-state index in [1.807, 2.05) is 18.2 Å². The van der Waals surface area contributed by atoms with Gasteiger partial charge in [-0.3, -0.25) is 0 Å². The molecule has 4 rings (SSSR count). The third-order valence-corrected chi connectivity index (χ3v) is 5.76. The van der Waals surface area contributed by atoms with Crippen molar-refractivity contribution in [3.05, 3.63) is 39.5 Å². The molecule has 1 aliphatic carbocycles. The number of aromatic nitrogens is 2. The van der Waals surface area contributed by atoms with Crippen molar-refractivity contribution in [1.82, 2.24) is 9.97 Å². The molecule has 0 saturated heterocycles. The summed E-state index contributed by atoms with van der Waals surface area (Å²) in [7, 11) is 1.66. The summed E-state index contributed by atoms with van der Waals surface area (Å²) in [5.74, 6) is 2.46. The Balaban J connectivity index is 1.88. The Kier molecular flexibility index (Phi) is 4.06. The number of halogens is 1. The van der Waals surface area contributed by atoms with Crippen LogP contribution in [0.2, 0.25) is 5.02 Å². The van der Waals surface area contributed by atoms with Gasteiger partial charge in [-0.05, 0) is 43.0 Å². The van der Waals surface area contributed by atoms with Crippen molar-refractivity contribution in [3.63, 3.8) is 0 Å². The number of methoxy groups -OCH3 is 1. The molecule has 0 bridgehead atoms. The molecule has 3 aromatic rings.